The standard InChI is InChI=1S/C11H8N2O4S/c12-9(14)7-2-1-3-13-10(7)17-6-4-8(11(15)16)18-5-6/h1-5H,(H2,12,14)(H,15,16). The molecule has 0 aliphatic heterocycles. The number of carboxylic acid groups (broad SMARTS) is 1. The van der Waals surface area contributed by atoms with E-state index >= 15 is 0 Å². The van der Waals surface area contributed by atoms with E-state index in [1.54, 1.807) is 6.07 Å². The lowest BCUT2D eigenvalue weighted by Gasteiger charge is -2.05. The van der Waals surface area contributed by atoms with Gasteiger partial charge in [-0.1, -0.05) is 0 Å². The summed E-state index contributed by atoms with van der Waals surface area (Å²) in [6.45, 7) is 0. The third kappa shape index (κ3) is 2.46. The smallest absolute Gasteiger partial charge is 0.346 e. The maximum Gasteiger partial charge on any atom is 0.346 e. The molecular formula is C11H8N2O4S. The monoisotopic (exact) mass is 264 g/mol. The molecule has 0 aliphatic carbocycles. The van der Waals surface area contributed by atoms with Crippen LogP contribution < -0.4 is 10.5 Å². The van der Waals surface area contributed by atoms with Gasteiger partial charge >= 0.3 is 5.97 Å². The zero-order valence-electron chi connectivity index (χ0n) is 8.99. The maximum absolute atomic E-state index is 11.1. The minimum absolute atomic E-state index is 0.0553. The van der Waals surface area contributed by atoms with Gasteiger partial charge in [-0.2, -0.15) is 0 Å². The number of amides is 1. The Morgan fingerprint density at radius 1 is 1.44 bits per heavy atom. The molecule has 6 nitrogen and oxygen atoms in total. The molecule has 18 heavy (non-hydrogen) atoms. The van der Waals surface area contributed by atoms with Crippen LogP contribution in [0.15, 0.2) is 29.8 Å². The Kier molecular flexibility index (Phi) is 3.24. The average Bonchev–Trinajstić information content (AvgIpc) is 2.78. The lowest BCUT2D eigenvalue weighted by atomic mass is 10.2. The molecule has 7 heteroatoms. The molecule has 0 aromatic carbocycles. The van der Waals surface area contributed by atoms with E-state index in [9.17, 15) is 9.59 Å². The van der Waals surface area contributed by atoms with E-state index in [-0.39, 0.29) is 16.3 Å². The van der Waals surface area contributed by atoms with Gasteiger partial charge in [-0.3, -0.25) is 4.79 Å². The first-order chi connectivity index (χ1) is 8.58. The molecule has 2 aromatic heterocycles. The van der Waals surface area contributed by atoms with Gasteiger partial charge in [0.2, 0.25) is 5.88 Å². The van der Waals surface area contributed by atoms with Crippen LogP contribution in [-0.4, -0.2) is 22.0 Å². The maximum atomic E-state index is 11.1. The van der Waals surface area contributed by atoms with Crippen LogP contribution >= 0.6 is 11.3 Å². The molecule has 0 saturated heterocycles. The summed E-state index contributed by atoms with van der Waals surface area (Å²) in [6, 6.07) is 4.39. The van der Waals surface area contributed by atoms with Crippen LogP contribution in [0.25, 0.3) is 0 Å². The number of thiophene rings is 1. The molecule has 2 rings (SSSR count). The molecule has 92 valence electrons. The lowest BCUT2D eigenvalue weighted by Crippen LogP contribution is -2.12. The second kappa shape index (κ2) is 4.84. The first-order valence-corrected chi connectivity index (χ1v) is 5.70. The van der Waals surface area contributed by atoms with Crippen LogP contribution in [0.4, 0.5) is 0 Å². The molecular weight excluding hydrogens is 256 g/mol. The molecule has 0 spiro atoms. The summed E-state index contributed by atoms with van der Waals surface area (Å²) in [5.74, 6) is -1.34. The fraction of sp³-hybridized carbons (Fsp3) is 0. The quantitative estimate of drug-likeness (QED) is 0.875. The highest BCUT2D eigenvalue weighted by Gasteiger charge is 2.13. The number of nitrogens with zero attached hydrogens (tertiary/aromatic N) is 1. The van der Waals surface area contributed by atoms with Crippen LogP contribution in [-0.2, 0) is 0 Å². The van der Waals surface area contributed by atoms with Crippen LogP contribution in [0.1, 0.15) is 20.0 Å². The number of rotatable bonds is 4. The molecule has 0 unspecified atom stereocenters. The van der Waals surface area contributed by atoms with Gasteiger partial charge in [0.1, 0.15) is 16.2 Å². The van der Waals surface area contributed by atoms with Crippen molar-refractivity contribution in [1.82, 2.24) is 4.98 Å². The van der Waals surface area contributed by atoms with Crippen molar-refractivity contribution in [3.05, 3.63) is 40.2 Å². The van der Waals surface area contributed by atoms with E-state index in [4.69, 9.17) is 15.6 Å². The second-order valence-electron chi connectivity index (χ2n) is 3.27. The topological polar surface area (TPSA) is 103 Å². The SMILES string of the molecule is NC(=O)c1cccnc1Oc1csc(C(=O)O)c1. The van der Waals surface area contributed by atoms with Gasteiger partial charge in [0, 0.05) is 17.6 Å². The van der Waals surface area contributed by atoms with E-state index in [0.717, 1.165) is 11.3 Å². The fourth-order valence-electron chi connectivity index (χ4n) is 1.26. The van der Waals surface area contributed by atoms with Crippen LogP contribution in [0.2, 0.25) is 0 Å². The average molecular weight is 264 g/mol. The summed E-state index contributed by atoms with van der Waals surface area (Å²) < 4.78 is 5.34. The number of ether oxygens (including phenoxy) is 1. The Bertz CT molecular complexity index is 609. The number of aromatic carboxylic acids is 1. The molecule has 3 N–H and O–H groups in total. The molecule has 0 fully saturated rings. The largest absolute Gasteiger partial charge is 0.477 e. The zero-order valence-corrected chi connectivity index (χ0v) is 9.81. The van der Waals surface area contributed by atoms with E-state index < -0.39 is 11.9 Å². The predicted molar refractivity (Wildman–Crippen MR) is 64.1 cm³/mol. The van der Waals surface area contributed by atoms with Crippen molar-refractivity contribution >= 4 is 23.2 Å². The Morgan fingerprint density at radius 3 is 2.83 bits per heavy atom. The molecule has 2 heterocycles. The van der Waals surface area contributed by atoms with E-state index in [1.807, 2.05) is 0 Å². The van der Waals surface area contributed by atoms with Gasteiger partial charge in [-0.05, 0) is 12.1 Å². The number of aromatic nitrogens is 1. The Hall–Kier alpha value is -2.41. The number of hydrogen-bond acceptors (Lipinski definition) is 5. The van der Waals surface area contributed by atoms with Crippen LogP contribution in [0.5, 0.6) is 11.6 Å². The summed E-state index contributed by atoms with van der Waals surface area (Å²) in [6.07, 6.45) is 1.45. The van der Waals surface area contributed by atoms with Gasteiger partial charge in [0.15, 0.2) is 0 Å². The van der Waals surface area contributed by atoms with Crippen molar-refractivity contribution in [2.45, 2.75) is 0 Å². The molecule has 0 bridgehead atoms. The van der Waals surface area contributed by atoms with Gasteiger partial charge in [-0.25, -0.2) is 9.78 Å². The normalized spacial score (nSPS) is 10.0. The van der Waals surface area contributed by atoms with E-state index in [1.165, 1.54) is 23.7 Å². The first kappa shape index (κ1) is 12.1. The molecule has 0 saturated carbocycles. The van der Waals surface area contributed by atoms with E-state index in [2.05, 4.69) is 4.98 Å². The lowest BCUT2D eigenvalue weighted by molar-refractivity contribution is 0.0701. The van der Waals surface area contributed by atoms with Gasteiger partial charge in [0.05, 0.1) is 0 Å². The fourth-order valence-corrected chi connectivity index (χ4v) is 1.90. The minimum atomic E-state index is -1.04. The summed E-state index contributed by atoms with van der Waals surface area (Å²) in [4.78, 5) is 25.9. The van der Waals surface area contributed by atoms with Crippen molar-refractivity contribution in [3.63, 3.8) is 0 Å². The number of nitrogens with two attached hydrogens (primary N) is 1. The van der Waals surface area contributed by atoms with Crippen molar-refractivity contribution in [2.75, 3.05) is 0 Å². The van der Waals surface area contributed by atoms with Crippen molar-refractivity contribution in [1.29, 1.82) is 0 Å². The number of hydrogen-bond donors (Lipinski definition) is 2. The highest BCUT2D eigenvalue weighted by atomic mass is 32.1. The highest BCUT2D eigenvalue weighted by molar-refractivity contribution is 7.12. The second-order valence-corrected chi connectivity index (χ2v) is 4.19. The summed E-state index contributed by atoms with van der Waals surface area (Å²) in [5, 5.41) is 10.3. The third-order valence-corrected chi connectivity index (χ3v) is 2.93. The van der Waals surface area contributed by atoms with Crippen LogP contribution in [0, 0.1) is 0 Å². The van der Waals surface area contributed by atoms with Crippen molar-refractivity contribution in [2.24, 2.45) is 5.73 Å². The number of pyridine rings is 1. The van der Waals surface area contributed by atoms with Gasteiger partial charge in [0.25, 0.3) is 5.91 Å². The minimum Gasteiger partial charge on any atom is -0.477 e. The molecule has 0 radical (unpaired) electrons. The number of carboxylic acids is 1. The van der Waals surface area contributed by atoms with Crippen molar-refractivity contribution in [3.8, 4) is 11.6 Å². The Balaban J connectivity index is 2.28. The van der Waals surface area contributed by atoms with Gasteiger partial charge < -0.3 is 15.6 Å². The number of carbonyl (C=O) groups is 2. The summed E-state index contributed by atoms with van der Waals surface area (Å²) >= 11 is 1.02. The third-order valence-electron chi connectivity index (χ3n) is 2.04. The van der Waals surface area contributed by atoms with Gasteiger partial charge in [-0.15, -0.1) is 11.3 Å². The molecule has 2 aromatic rings. The number of primary amides is 1. The first-order valence-electron chi connectivity index (χ1n) is 4.82. The molecule has 0 aliphatic rings. The summed E-state index contributed by atoms with van der Waals surface area (Å²) in [5.41, 5.74) is 5.31. The van der Waals surface area contributed by atoms with Crippen LogP contribution in [0.3, 0.4) is 0 Å². The van der Waals surface area contributed by atoms with Crippen molar-refractivity contribution < 1.29 is 19.4 Å². The van der Waals surface area contributed by atoms with E-state index in [0.29, 0.717) is 5.75 Å². The summed E-state index contributed by atoms with van der Waals surface area (Å²) in [7, 11) is 0. The zero-order chi connectivity index (χ0) is 13.1. The molecule has 1 amide bonds. The number of carbonyl (C=O) groups excluding carboxylic acids is 1. The Labute approximate surface area is 106 Å². The predicted octanol–water partition coefficient (Wildman–Crippen LogP) is 1.73. The Morgan fingerprint density at radius 2 is 2.22 bits per heavy atom. The highest BCUT2D eigenvalue weighted by Crippen LogP contribution is 2.27. The molecule has 0 atom stereocenters.